The van der Waals surface area contributed by atoms with Crippen molar-refractivity contribution in [2.24, 2.45) is 0 Å². The monoisotopic (exact) mass is 365 g/mol. The third kappa shape index (κ3) is 3.71. The summed E-state index contributed by atoms with van der Waals surface area (Å²) in [6.07, 6.45) is 0. The Morgan fingerprint density at radius 1 is 1.12 bits per heavy atom. The molecule has 1 aliphatic rings. The number of anilines is 2. The third-order valence-electron chi connectivity index (χ3n) is 3.79. The number of nitrogens with one attached hydrogen (secondary N) is 1. The van der Waals surface area contributed by atoms with Gasteiger partial charge in [0.2, 0.25) is 5.91 Å². The van der Waals surface area contributed by atoms with Gasteiger partial charge in [0.05, 0.1) is 10.7 Å². The Morgan fingerprint density at radius 2 is 1.88 bits per heavy atom. The summed E-state index contributed by atoms with van der Waals surface area (Å²) in [6.45, 7) is 0.418. The Bertz CT molecular complexity index is 831. The van der Waals surface area contributed by atoms with Gasteiger partial charge in [-0.05, 0) is 24.3 Å². The maximum Gasteiger partial charge on any atom is 0.325 e. The van der Waals surface area contributed by atoms with Gasteiger partial charge in [0, 0.05) is 24.8 Å². The maximum atomic E-state index is 13.3. The number of amides is 3. The molecule has 2 aromatic rings. The SMILES string of the molecule is O=C(CN1CCN(c2ccc(F)c(F)c2)C1=O)Nc1ccccc1Cl. The van der Waals surface area contributed by atoms with Gasteiger partial charge in [-0.2, -0.15) is 0 Å². The van der Waals surface area contributed by atoms with Crippen molar-refractivity contribution >= 4 is 34.9 Å². The van der Waals surface area contributed by atoms with Crippen LogP contribution in [0.25, 0.3) is 0 Å². The maximum absolute atomic E-state index is 13.3. The zero-order valence-electron chi connectivity index (χ0n) is 13.0. The second-order valence-electron chi connectivity index (χ2n) is 5.48. The molecule has 1 saturated heterocycles. The molecule has 2 aromatic carbocycles. The third-order valence-corrected chi connectivity index (χ3v) is 4.12. The summed E-state index contributed by atoms with van der Waals surface area (Å²) >= 11 is 5.97. The molecule has 1 heterocycles. The van der Waals surface area contributed by atoms with Crippen LogP contribution in [0.4, 0.5) is 25.0 Å². The van der Waals surface area contributed by atoms with Crippen LogP contribution in [0.1, 0.15) is 0 Å². The van der Waals surface area contributed by atoms with Crippen LogP contribution >= 0.6 is 11.6 Å². The predicted molar refractivity (Wildman–Crippen MR) is 90.8 cm³/mol. The fourth-order valence-corrected chi connectivity index (χ4v) is 2.73. The number of carbonyl (C=O) groups excluding carboxylic acids is 2. The molecule has 8 heteroatoms. The Balaban J connectivity index is 1.65. The van der Waals surface area contributed by atoms with E-state index in [2.05, 4.69) is 5.32 Å². The number of nitrogens with zero attached hydrogens (tertiary/aromatic N) is 2. The molecule has 0 radical (unpaired) electrons. The van der Waals surface area contributed by atoms with Crippen molar-refractivity contribution in [3.63, 3.8) is 0 Å². The lowest BCUT2D eigenvalue weighted by atomic mass is 10.3. The van der Waals surface area contributed by atoms with Crippen LogP contribution in [0.3, 0.4) is 0 Å². The highest BCUT2D eigenvalue weighted by Gasteiger charge is 2.31. The molecule has 0 atom stereocenters. The first-order chi connectivity index (χ1) is 12.0. The van der Waals surface area contributed by atoms with E-state index in [9.17, 15) is 18.4 Å². The molecule has 0 spiro atoms. The van der Waals surface area contributed by atoms with E-state index >= 15 is 0 Å². The van der Waals surface area contributed by atoms with Crippen molar-refractivity contribution in [3.05, 3.63) is 59.1 Å². The Morgan fingerprint density at radius 3 is 2.60 bits per heavy atom. The highest BCUT2D eigenvalue weighted by molar-refractivity contribution is 6.33. The number of halogens is 3. The Labute approximate surface area is 147 Å². The van der Waals surface area contributed by atoms with Gasteiger partial charge < -0.3 is 10.2 Å². The lowest BCUT2D eigenvalue weighted by Crippen LogP contribution is -2.37. The van der Waals surface area contributed by atoms with E-state index in [1.165, 1.54) is 15.9 Å². The van der Waals surface area contributed by atoms with Crippen LogP contribution in [0, 0.1) is 11.6 Å². The summed E-state index contributed by atoms with van der Waals surface area (Å²) in [5, 5.41) is 3.03. The van der Waals surface area contributed by atoms with Gasteiger partial charge in [-0.3, -0.25) is 9.69 Å². The summed E-state index contributed by atoms with van der Waals surface area (Å²) in [7, 11) is 0. The van der Waals surface area contributed by atoms with E-state index in [4.69, 9.17) is 11.6 Å². The lowest BCUT2D eigenvalue weighted by Gasteiger charge is -2.18. The standard InChI is InChI=1S/C17H14ClF2N3O2/c18-12-3-1-2-4-15(12)21-16(24)10-22-7-8-23(17(22)25)11-5-6-13(19)14(20)9-11/h1-6,9H,7-8,10H2,(H,21,24). The average molecular weight is 366 g/mol. The number of para-hydroxylation sites is 1. The second kappa shape index (κ2) is 7.06. The smallest absolute Gasteiger partial charge is 0.323 e. The van der Waals surface area contributed by atoms with E-state index in [1.807, 2.05) is 0 Å². The molecule has 0 aliphatic carbocycles. The van der Waals surface area contributed by atoms with Crippen LogP contribution in [-0.4, -0.2) is 36.5 Å². The van der Waals surface area contributed by atoms with E-state index < -0.39 is 23.6 Å². The zero-order chi connectivity index (χ0) is 18.0. The van der Waals surface area contributed by atoms with Crippen molar-refractivity contribution in [1.82, 2.24) is 4.90 Å². The van der Waals surface area contributed by atoms with Crippen LogP contribution in [0.5, 0.6) is 0 Å². The minimum Gasteiger partial charge on any atom is -0.323 e. The quantitative estimate of drug-likeness (QED) is 0.901. The normalized spacial score (nSPS) is 14.1. The molecule has 1 N–H and O–H groups in total. The molecule has 0 unspecified atom stereocenters. The molecule has 3 amide bonds. The number of urea groups is 1. The van der Waals surface area contributed by atoms with E-state index in [0.29, 0.717) is 17.3 Å². The van der Waals surface area contributed by atoms with E-state index in [0.717, 1.165) is 12.1 Å². The molecule has 25 heavy (non-hydrogen) atoms. The van der Waals surface area contributed by atoms with E-state index in [-0.39, 0.29) is 18.8 Å². The van der Waals surface area contributed by atoms with Crippen LogP contribution in [0.2, 0.25) is 5.02 Å². The Hall–Kier alpha value is -2.67. The molecule has 0 bridgehead atoms. The molecule has 3 rings (SSSR count). The molecule has 0 saturated carbocycles. The van der Waals surface area contributed by atoms with Gasteiger partial charge in [-0.25, -0.2) is 13.6 Å². The molecule has 1 aliphatic heterocycles. The number of rotatable bonds is 4. The summed E-state index contributed by atoms with van der Waals surface area (Å²) in [6, 6.07) is 9.56. The fourth-order valence-electron chi connectivity index (χ4n) is 2.55. The van der Waals surface area contributed by atoms with Crippen molar-refractivity contribution in [3.8, 4) is 0 Å². The fraction of sp³-hybridized carbons (Fsp3) is 0.176. The summed E-state index contributed by atoms with van der Waals surface area (Å²) < 4.78 is 26.4. The minimum atomic E-state index is -1.03. The molecular formula is C17H14ClF2N3O2. The van der Waals surface area contributed by atoms with Crippen LogP contribution in [0.15, 0.2) is 42.5 Å². The molecule has 0 aromatic heterocycles. The highest BCUT2D eigenvalue weighted by atomic mass is 35.5. The van der Waals surface area contributed by atoms with Crippen molar-refractivity contribution in [2.45, 2.75) is 0 Å². The predicted octanol–water partition coefficient (Wildman–Crippen LogP) is 3.50. The number of hydrogen-bond acceptors (Lipinski definition) is 2. The number of hydrogen-bond donors (Lipinski definition) is 1. The van der Waals surface area contributed by atoms with Gasteiger partial charge >= 0.3 is 6.03 Å². The second-order valence-corrected chi connectivity index (χ2v) is 5.89. The minimum absolute atomic E-state index is 0.162. The first-order valence-electron chi connectivity index (χ1n) is 7.51. The zero-order valence-corrected chi connectivity index (χ0v) is 13.8. The molecule has 1 fully saturated rings. The lowest BCUT2D eigenvalue weighted by molar-refractivity contribution is -0.116. The topological polar surface area (TPSA) is 52.7 Å². The summed E-state index contributed by atoms with van der Waals surface area (Å²) in [5.41, 5.74) is 0.705. The van der Waals surface area contributed by atoms with Gasteiger partial charge in [0.1, 0.15) is 6.54 Å². The highest BCUT2D eigenvalue weighted by Crippen LogP contribution is 2.23. The molecule has 5 nitrogen and oxygen atoms in total. The van der Waals surface area contributed by atoms with Crippen molar-refractivity contribution in [2.75, 3.05) is 29.9 Å². The number of benzene rings is 2. The van der Waals surface area contributed by atoms with Gasteiger partial charge in [-0.1, -0.05) is 23.7 Å². The summed E-state index contributed by atoms with van der Waals surface area (Å²) in [4.78, 5) is 27.1. The molecule has 130 valence electrons. The molecular weight excluding hydrogens is 352 g/mol. The van der Waals surface area contributed by atoms with Crippen molar-refractivity contribution < 1.29 is 18.4 Å². The first-order valence-corrected chi connectivity index (χ1v) is 7.89. The number of carbonyl (C=O) groups is 2. The van der Waals surface area contributed by atoms with Crippen molar-refractivity contribution in [1.29, 1.82) is 0 Å². The average Bonchev–Trinajstić information content (AvgIpc) is 2.93. The van der Waals surface area contributed by atoms with E-state index in [1.54, 1.807) is 24.3 Å². The van der Waals surface area contributed by atoms with Gasteiger partial charge in [0.15, 0.2) is 11.6 Å². The first kappa shape index (κ1) is 17.2. The van der Waals surface area contributed by atoms with Gasteiger partial charge in [0.25, 0.3) is 0 Å². The van der Waals surface area contributed by atoms with Gasteiger partial charge in [-0.15, -0.1) is 0 Å². The summed E-state index contributed by atoms with van der Waals surface area (Å²) in [5.74, 6) is -2.40. The van der Waals surface area contributed by atoms with Crippen LogP contribution in [-0.2, 0) is 4.79 Å². The Kier molecular flexibility index (Phi) is 4.85. The largest absolute Gasteiger partial charge is 0.325 e. The van der Waals surface area contributed by atoms with Crippen LogP contribution < -0.4 is 10.2 Å².